The Bertz CT molecular complexity index is 472. The summed E-state index contributed by atoms with van der Waals surface area (Å²) in [6, 6.07) is 6.08. The molecule has 0 fully saturated rings. The fourth-order valence-electron chi connectivity index (χ4n) is 2.41. The lowest BCUT2D eigenvalue weighted by molar-refractivity contribution is 0.0476. The average molecular weight is 292 g/mol. The van der Waals surface area contributed by atoms with Crippen molar-refractivity contribution in [2.45, 2.75) is 53.2 Å². The van der Waals surface area contributed by atoms with Crippen molar-refractivity contribution in [3.05, 3.63) is 34.9 Å². The van der Waals surface area contributed by atoms with Crippen LogP contribution in [0, 0.1) is 13.8 Å². The Morgan fingerprint density at radius 2 is 1.81 bits per heavy atom. The minimum absolute atomic E-state index is 0.0630. The van der Waals surface area contributed by atoms with Crippen LogP contribution in [0.5, 0.6) is 0 Å². The van der Waals surface area contributed by atoms with Crippen LogP contribution in [0.25, 0.3) is 0 Å². The molecular formula is C17H28N2O2. The molecule has 0 aromatic heterocycles. The van der Waals surface area contributed by atoms with Crippen molar-refractivity contribution in [1.29, 1.82) is 0 Å². The monoisotopic (exact) mass is 292 g/mol. The standard InChI is InChI=1S/C17H28N2O2/c1-7-19(11-17(5,6)21)16(20)18-14(4)15-9-12(2)8-13(3)10-15/h8-10,14,21H,7,11H2,1-6H3,(H,18,20). The summed E-state index contributed by atoms with van der Waals surface area (Å²) in [5.74, 6) is 0. The van der Waals surface area contributed by atoms with Crippen molar-refractivity contribution >= 4 is 6.03 Å². The highest BCUT2D eigenvalue weighted by Gasteiger charge is 2.22. The lowest BCUT2D eigenvalue weighted by Gasteiger charge is -2.29. The summed E-state index contributed by atoms with van der Waals surface area (Å²) >= 11 is 0. The molecule has 0 saturated heterocycles. The van der Waals surface area contributed by atoms with E-state index in [1.54, 1.807) is 18.7 Å². The van der Waals surface area contributed by atoms with Crippen LogP contribution in [0.2, 0.25) is 0 Å². The second-order valence-electron chi connectivity index (χ2n) is 6.42. The second-order valence-corrected chi connectivity index (χ2v) is 6.42. The molecular weight excluding hydrogens is 264 g/mol. The summed E-state index contributed by atoms with van der Waals surface area (Å²) in [6.45, 7) is 12.3. The Morgan fingerprint density at radius 3 is 2.24 bits per heavy atom. The third-order valence-corrected chi connectivity index (χ3v) is 3.33. The van der Waals surface area contributed by atoms with E-state index in [4.69, 9.17) is 0 Å². The molecule has 0 bridgehead atoms. The van der Waals surface area contributed by atoms with Gasteiger partial charge < -0.3 is 15.3 Å². The van der Waals surface area contributed by atoms with Gasteiger partial charge in [-0.15, -0.1) is 0 Å². The summed E-state index contributed by atoms with van der Waals surface area (Å²) in [6.07, 6.45) is 0. The molecule has 118 valence electrons. The summed E-state index contributed by atoms with van der Waals surface area (Å²) in [5, 5.41) is 12.9. The largest absolute Gasteiger partial charge is 0.389 e. The first-order valence-corrected chi connectivity index (χ1v) is 7.48. The van der Waals surface area contributed by atoms with E-state index in [-0.39, 0.29) is 12.1 Å². The van der Waals surface area contributed by atoms with E-state index in [2.05, 4.69) is 37.4 Å². The first kappa shape index (κ1) is 17.5. The topological polar surface area (TPSA) is 52.6 Å². The molecule has 1 rings (SSSR count). The summed E-state index contributed by atoms with van der Waals surface area (Å²) in [5.41, 5.74) is 2.58. The SMILES string of the molecule is CCN(CC(C)(C)O)C(=O)NC(C)c1cc(C)cc(C)c1. The molecule has 1 atom stereocenters. The van der Waals surface area contributed by atoms with Crippen LogP contribution in [0.4, 0.5) is 4.79 Å². The Hall–Kier alpha value is -1.55. The molecule has 0 aliphatic carbocycles. The number of nitrogens with one attached hydrogen (secondary N) is 1. The molecule has 1 unspecified atom stereocenters. The van der Waals surface area contributed by atoms with E-state index in [0.29, 0.717) is 13.1 Å². The number of aliphatic hydroxyl groups is 1. The van der Waals surface area contributed by atoms with E-state index >= 15 is 0 Å². The van der Waals surface area contributed by atoms with Crippen LogP contribution in [0.1, 0.15) is 50.4 Å². The molecule has 1 aromatic carbocycles. The first-order chi connectivity index (χ1) is 9.62. The first-order valence-electron chi connectivity index (χ1n) is 7.48. The van der Waals surface area contributed by atoms with Gasteiger partial charge in [0.15, 0.2) is 0 Å². The van der Waals surface area contributed by atoms with Crippen LogP contribution < -0.4 is 5.32 Å². The average Bonchev–Trinajstić information content (AvgIpc) is 2.33. The predicted molar refractivity (Wildman–Crippen MR) is 86.4 cm³/mol. The maximum atomic E-state index is 12.3. The number of benzene rings is 1. The van der Waals surface area contributed by atoms with Crippen molar-refractivity contribution in [1.82, 2.24) is 10.2 Å². The van der Waals surface area contributed by atoms with Gasteiger partial charge >= 0.3 is 6.03 Å². The Labute approximate surface area is 128 Å². The molecule has 0 spiro atoms. The Kier molecular flexibility index (Phi) is 5.78. The molecule has 2 N–H and O–H groups in total. The fraction of sp³-hybridized carbons (Fsp3) is 0.588. The summed E-state index contributed by atoms with van der Waals surface area (Å²) in [7, 11) is 0. The third kappa shape index (κ3) is 5.76. The van der Waals surface area contributed by atoms with Gasteiger partial charge in [0.2, 0.25) is 0 Å². The number of amides is 2. The second kappa shape index (κ2) is 6.94. The Balaban J connectivity index is 2.76. The van der Waals surface area contributed by atoms with Crippen LogP contribution in [0.15, 0.2) is 18.2 Å². The normalized spacial score (nSPS) is 12.9. The number of urea groups is 1. The highest BCUT2D eigenvalue weighted by molar-refractivity contribution is 5.74. The van der Waals surface area contributed by atoms with Crippen molar-refractivity contribution in [3.63, 3.8) is 0 Å². The zero-order chi connectivity index (χ0) is 16.2. The maximum Gasteiger partial charge on any atom is 0.317 e. The van der Waals surface area contributed by atoms with Gasteiger partial charge in [0.1, 0.15) is 0 Å². The van der Waals surface area contributed by atoms with Gasteiger partial charge in [-0.25, -0.2) is 4.79 Å². The smallest absolute Gasteiger partial charge is 0.317 e. The molecule has 2 amide bonds. The van der Waals surface area contributed by atoms with Gasteiger partial charge in [0, 0.05) is 6.54 Å². The van der Waals surface area contributed by atoms with Crippen molar-refractivity contribution in [3.8, 4) is 0 Å². The predicted octanol–water partition coefficient (Wildman–Crippen LogP) is 3.17. The number of aryl methyl sites for hydroxylation is 2. The van der Waals surface area contributed by atoms with Crippen molar-refractivity contribution < 1.29 is 9.90 Å². The van der Waals surface area contributed by atoms with Gasteiger partial charge in [0.05, 0.1) is 18.2 Å². The van der Waals surface area contributed by atoms with E-state index < -0.39 is 5.60 Å². The highest BCUT2D eigenvalue weighted by atomic mass is 16.3. The van der Waals surface area contributed by atoms with Gasteiger partial charge in [0.25, 0.3) is 0 Å². The van der Waals surface area contributed by atoms with Gasteiger partial charge in [-0.05, 0) is 47.1 Å². The number of carbonyl (C=O) groups excluding carboxylic acids is 1. The zero-order valence-corrected chi connectivity index (χ0v) is 14.0. The van der Waals surface area contributed by atoms with Crippen LogP contribution in [0.3, 0.4) is 0 Å². The van der Waals surface area contributed by atoms with E-state index in [9.17, 15) is 9.90 Å². The van der Waals surface area contributed by atoms with Crippen LogP contribution >= 0.6 is 0 Å². The minimum Gasteiger partial charge on any atom is -0.389 e. The van der Waals surface area contributed by atoms with Crippen LogP contribution in [-0.4, -0.2) is 34.7 Å². The van der Waals surface area contributed by atoms with Gasteiger partial charge in [-0.2, -0.15) is 0 Å². The third-order valence-electron chi connectivity index (χ3n) is 3.33. The fourth-order valence-corrected chi connectivity index (χ4v) is 2.41. The lowest BCUT2D eigenvalue weighted by Crippen LogP contribution is -2.47. The summed E-state index contributed by atoms with van der Waals surface area (Å²) < 4.78 is 0. The molecule has 0 radical (unpaired) electrons. The number of hydrogen-bond donors (Lipinski definition) is 2. The Morgan fingerprint density at radius 1 is 1.29 bits per heavy atom. The lowest BCUT2D eigenvalue weighted by atomic mass is 10.0. The molecule has 21 heavy (non-hydrogen) atoms. The molecule has 0 aliphatic rings. The van der Waals surface area contributed by atoms with E-state index in [0.717, 1.165) is 5.56 Å². The molecule has 0 saturated carbocycles. The van der Waals surface area contributed by atoms with Gasteiger partial charge in [-0.1, -0.05) is 29.3 Å². The number of hydrogen-bond acceptors (Lipinski definition) is 2. The number of nitrogens with zero attached hydrogens (tertiary/aromatic N) is 1. The van der Waals surface area contributed by atoms with E-state index in [1.807, 2.05) is 13.8 Å². The molecule has 0 heterocycles. The maximum absolute atomic E-state index is 12.3. The number of carbonyl (C=O) groups is 1. The quantitative estimate of drug-likeness (QED) is 0.876. The number of likely N-dealkylation sites (N-methyl/N-ethyl adjacent to an activating group) is 1. The highest BCUT2D eigenvalue weighted by Crippen LogP contribution is 2.17. The minimum atomic E-state index is -0.892. The van der Waals surface area contributed by atoms with E-state index in [1.165, 1.54) is 11.1 Å². The number of rotatable bonds is 5. The molecule has 0 aliphatic heterocycles. The zero-order valence-electron chi connectivity index (χ0n) is 14.0. The molecule has 4 heteroatoms. The van der Waals surface area contributed by atoms with Crippen molar-refractivity contribution in [2.24, 2.45) is 0 Å². The molecule has 4 nitrogen and oxygen atoms in total. The van der Waals surface area contributed by atoms with Crippen LogP contribution in [-0.2, 0) is 0 Å². The van der Waals surface area contributed by atoms with Crippen molar-refractivity contribution in [2.75, 3.05) is 13.1 Å². The summed E-state index contributed by atoms with van der Waals surface area (Å²) in [4.78, 5) is 13.9. The molecule has 1 aromatic rings. The van der Waals surface area contributed by atoms with Gasteiger partial charge in [-0.3, -0.25) is 0 Å².